The van der Waals surface area contributed by atoms with Crippen LogP contribution in [0.2, 0.25) is 5.02 Å². The molecule has 4 rings (SSSR count). The van der Waals surface area contributed by atoms with E-state index >= 15 is 0 Å². The van der Waals surface area contributed by atoms with Crippen LogP contribution in [0, 0.1) is 6.92 Å². The zero-order chi connectivity index (χ0) is 16.7. The van der Waals surface area contributed by atoms with Gasteiger partial charge in [0.1, 0.15) is 0 Å². The zero-order valence-electron chi connectivity index (χ0n) is 12.8. The van der Waals surface area contributed by atoms with Crippen LogP contribution in [0.5, 0.6) is 0 Å². The van der Waals surface area contributed by atoms with Crippen molar-refractivity contribution < 1.29 is 4.79 Å². The van der Waals surface area contributed by atoms with E-state index in [4.69, 9.17) is 11.6 Å². The molecule has 0 radical (unpaired) electrons. The molecule has 0 unspecified atom stereocenters. The maximum Gasteiger partial charge on any atom is 0.257 e. The van der Waals surface area contributed by atoms with Gasteiger partial charge >= 0.3 is 0 Å². The molecule has 0 spiro atoms. The van der Waals surface area contributed by atoms with Gasteiger partial charge in [0.15, 0.2) is 0 Å². The van der Waals surface area contributed by atoms with Crippen molar-refractivity contribution in [1.82, 2.24) is 15.0 Å². The summed E-state index contributed by atoms with van der Waals surface area (Å²) in [5, 5.41) is 5.48. The highest BCUT2D eigenvalue weighted by Gasteiger charge is 2.14. The average molecular weight is 337 g/mol. The Labute approximate surface area is 142 Å². The molecule has 1 aromatic carbocycles. The minimum absolute atomic E-state index is 0.236. The second-order valence-corrected chi connectivity index (χ2v) is 6.01. The monoisotopic (exact) mass is 336 g/mol. The number of hydrogen-bond acceptors (Lipinski definition) is 3. The van der Waals surface area contributed by atoms with Crippen molar-refractivity contribution >= 4 is 45.0 Å². The SMILES string of the molecule is Cc1cncc2[nH]c3c(NC(=O)c4cccnc4)cc(Cl)cc3c12. The molecule has 3 heterocycles. The molecule has 4 aromatic rings. The van der Waals surface area contributed by atoms with Gasteiger partial charge in [-0.2, -0.15) is 0 Å². The van der Waals surface area contributed by atoms with Gasteiger partial charge in [-0.1, -0.05) is 11.6 Å². The van der Waals surface area contributed by atoms with E-state index in [0.717, 1.165) is 27.4 Å². The van der Waals surface area contributed by atoms with Crippen molar-refractivity contribution in [3.63, 3.8) is 0 Å². The maximum atomic E-state index is 12.4. The first-order valence-corrected chi connectivity index (χ1v) is 7.78. The molecule has 24 heavy (non-hydrogen) atoms. The number of nitrogens with one attached hydrogen (secondary N) is 2. The normalized spacial score (nSPS) is 11.1. The van der Waals surface area contributed by atoms with Gasteiger partial charge in [-0.05, 0) is 36.8 Å². The van der Waals surface area contributed by atoms with E-state index in [2.05, 4.69) is 20.3 Å². The van der Waals surface area contributed by atoms with E-state index in [-0.39, 0.29) is 5.91 Å². The van der Waals surface area contributed by atoms with Crippen LogP contribution in [0.1, 0.15) is 15.9 Å². The van der Waals surface area contributed by atoms with Crippen LogP contribution in [-0.2, 0) is 0 Å². The van der Waals surface area contributed by atoms with E-state index in [1.54, 1.807) is 30.6 Å². The van der Waals surface area contributed by atoms with E-state index in [0.29, 0.717) is 16.3 Å². The number of halogens is 1. The maximum absolute atomic E-state index is 12.4. The molecule has 0 atom stereocenters. The molecule has 0 aliphatic rings. The van der Waals surface area contributed by atoms with Crippen LogP contribution in [-0.4, -0.2) is 20.9 Å². The van der Waals surface area contributed by atoms with Gasteiger partial charge in [0.2, 0.25) is 0 Å². The predicted octanol–water partition coefficient (Wildman–Crippen LogP) is 4.33. The molecule has 2 N–H and O–H groups in total. The lowest BCUT2D eigenvalue weighted by Gasteiger charge is -2.07. The molecule has 0 aliphatic heterocycles. The van der Waals surface area contributed by atoms with Gasteiger partial charge < -0.3 is 10.3 Å². The standard InChI is InChI=1S/C18H13ClN4O/c1-10-7-21-9-15-16(10)13-5-12(19)6-14(17(13)22-15)23-18(24)11-3-2-4-20-8-11/h2-9,22H,1H3,(H,23,24). The largest absolute Gasteiger partial charge is 0.352 e. The molecular formula is C18H13ClN4O. The van der Waals surface area contributed by atoms with Gasteiger partial charge in [0, 0.05) is 34.4 Å². The molecule has 0 bridgehead atoms. The summed E-state index contributed by atoms with van der Waals surface area (Å²) in [6.07, 6.45) is 6.73. The Morgan fingerprint density at radius 1 is 1.21 bits per heavy atom. The minimum atomic E-state index is -0.236. The highest BCUT2D eigenvalue weighted by Crippen LogP contribution is 2.34. The Kier molecular flexibility index (Phi) is 3.43. The predicted molar refractivity (Wildman–Crippen MR) is 95.5 cm³/mol. The van der Waals surface area contributed by atoms with E-state index < -0.39 is 0 Å². The number of carbonyl (C=O) groups excluding carboxylic acids is 1. The van der Waals surface area contributed by atoms with E-state index in [1.165, 1.54) is 6.20 Å². The van der Waals surface area contributed by atoms with Crippen LogP contribution in [0.25, 0.3) is 21.8 Å². The summed E-state index contributed by atoms with van der Waals surface area (Å²) in [5.74, 6) is -0.236. The fourth-order valence-corrected chi connectivity index (χ4v) is 3.10. The van der Waals surface area contributed by atoms with E-state index in [9.17, 15) is 4.79 Å². The lowest BCUT2D eigenvalue weighted by Crippen LogP contribution is -2.12. The summed E-state index contributed by atoms with van der Waals surface area (Å²) in [5.41, 5.74) is 3.89. The number of fused-ring (bicyclic) bond motifs is 3. The number of amides is 1. The molecule has 6 heteroatoms. The van der Waals surface area contributed by atoms with Crippen molar-refractivity contribution in [2.24, 2.45) is 0 Å². The van der Waals surface area contributed by atoms with Crippen LogP contribution in [0.15, 0.2) is 49.1 Å². The third kappa shape index (κ3) is 2.39. The molecule has 3 aromatic heterocycles. The lowest BCUT2D eigenvalue weighted by atomic mass is 10.1. The molecule has 5 nitrogen and oxygen atoms in total. The lowest BCUT2D eigenvalue weighted by molar-refractivity contribution is 0.102. The molecule has 118 valence electrons. The van der Waals surface area contributed by atoms with Crippen molar-refractivity contribution in [1.29, 1.82) is 0 Å². The highest BCUT2D eigenvalue weighted by atomic mass is 35.5. The number of aryl methyl sites for hydroxylation is 1. The summed E-state index contributed by atoms with van der Waals surface area (Å²) in [6.45, 7) is 2.00. The van der Waals surface area contributed by atoms with Crippen LogP contribution in [0.4, 0.5) is 5.69 Å². The van der Waals surface area contributed by atoms with Crippen molar-refractivity contribution in [2.75, 3.05) is 5.32 Å². The Morgan fingerprint density at radius 2 is 2.08 bits per heavy atom. The molecule has 0 saturated carbocycles. The number of pyridine rings is 2. The summed E-state index contributed by atoms with van der Waals surface area (Å²) in [7, 11) is 0. The smallest absolute Gasteiger partial charge is 0.257 e. The van der Waals surface area contributed by atoms with Crippen molar-refractivity contribution in [3.05, 3.63) is 65.2 Å². The minimum Gasteiger partial charge on any atom is -0.352 e. The number of aromatic nitrogens is 3. The Morgan fingerprint density at radius 3 is 2.88 bits per heavy atom. The van der Waals surface area contributed by atoms with Gasteiger partial charge in [0.05, 0.1) is 28.5 Å². The molecule has 0 saturated heterocycles. The topological polar surface area (TPSA) is 70.7 Å². The third-order valence-corrected chi connectivity index (χ3v) is 4.16. The first-order chi connectivity index (χ1) is 11.6. The zero-order valence-corrected chi connectivity index (χ0v) is 13.6. The van der Waals surface area contributed by atoms with Crippen LogP contribution in [0.3, 0.4) is 0 Å². The van der Waals surface area contributed by atoms with Gasteiger partial charge in [0.25, 0.3) is 5.91 Å². The molecule has 0 fully saturated rings. The van der Waals surface area contributed by atoms with Gasteiger partial charge in [-0.3, -0.25) is 14.8 Å². The Bertz CT molecular complexity index is 1070. The number of nitrogens with zero attached hydrogens (tertiary/aromatic N) is 2. The second-order valence-electron chi connectivity index (χ2n) is 5.58. The molecule has 0 aliphatic carbocycles. The quantitative estimate of drug-likeness (QED) is 0.572. The van der Waals surface area contributed by atoms with Gasteiger partial charge in [-0.15, -0.1) is 0 Å². The summed E-state index contributed by atoms with van der Waals surface area (Å²) in [6, 6.07) is 7.06. The number of rotatable bonds is 2. The number of aromatic amines is 1. The number of benzene rings is 1. The molecule has 1 amide bonds. The molecular weight excluding hydrogens is 324 g/mol. The van der Waals surface area contributed by atoms with Crippen LogP contribution < -0.4 is 5.32 Å². The Hall–Kier alpha value is -2.92. The van der Waals surface area contributed by atoms with E-state index in [1.807, 2.05) is 19.2 Å². The summed E-state index contributed by atoms with van der Waals surface area (Å²) >= 11 is 6.27. The first kappa shape index (κ1) is 14.7. The van der Waals surface area contributed by atoms with Gasteiger partial charge in [-0.25, -0.2) is 0 Å². The average Bonchev–Trinajstić information content (AvgIpc) is 2.95. The summed E-state index contributed by atoms with van der Waals surface area (Å²) < 4.78 is 0. The van der Waals surface area contributed by atoms with Crippen molar-refractivity contribution in [2.45, 2.75) is 6.92 Å². The first-order valence-electron chi connectivity index (χ1n) is 7.40. The highest BCUT2D eigenvalue weighted by molar-refractivity contribution is 6.33. The second kappa shape index (κ2) is 5.62. The number of H-pyrrole nitrogens is 1. The number of hydrogen-bond donors (Lipinski definition) is 2. The number of anilines is 1. The number of carbonyl (C=O) groups is 1. The fourth-order valence-electron chi connectivity index (χ4n) is 2.88. The van der Waals surface area contributed by atoms with Crippen molar-refractivity contribution in [3.8, 4) is 0 Å². The van der Waals surface area contributed by atoms with Crippen LogP contribution >= 0.6 is 11.6 Å². The summed E-state index contributed by atoms with van der Waals surface area (Å²) in [4.78, 5) is 23.9. The fraction of sp³-hybridized carbons (Fsp3) is 0.0556. The Balaban J connectivity index is 1.88. The third-order valence-electron chi connectivity index (χ3n) is 3.94.